The van der Waals surface area contributed by atoms with Crippen LogP contribution in [0.15, 0.2) is 54.6 Å². The van der Waals surface area contributed by atoms with Gasteiger partial charge in [-0.3, -0.25) is 4.79 Å². The van der Waals surface area contributed by atoms with Crippen LogP contribution in [-0.4, -0.2) is 48.6 Å². The van der Waals surface area contributed by atoms with E-state index in [1.807, 2.05) is 47.4 Å². The Kier molecular flexibility index (Phi) is 8.23. The zero-order valence-electron chi connectivity index (χ0n) is 19.3. The third-order valence-corrected chi connectivity index (χ3v) is 6.65. The van der Waals surface area contributed by atoms with Gasteiger partial charge in [0.15, 0.2) is 6.61 Å². The molecule has 3 amide bonds. The van der Waals surface area contributed by atoms with Crippen molar-refractivity contribution < 1.29 is 14.3 Å². The molecular weight excluding hydrogens is 414 g/mol. The molecule has 176 valence electrons. The molecule has 6 nitrogen and oxygen atoms in total. The normalized spacial score (nSPS) is 17.4. The molecule has 2 fully saturated rings. The lowest BCUT2D eigenvalue weighted by Gasteiger charge is -2.34. The molecule has 1 saturated carbocycles. The third kappa shape index (κ3) is 6.98. The predicted octanol–water partition coefficient (Wildman–Crippen LogP) is 4.28. The number of carbonyl (C=O) groups excluding carboxylic acids is 2. The number of likely N-dealkylation sites (tertiary alicyclic amines) is 1. The summed E-state index contributed by atoms with van der Waals surface area (Å²) in [5, 5.41) is 6.26. The molecule has 1 saturated heterocycles. The Bertz CT molecular complexity index is 904. The number of urea groups is 1. The molecule has 1 aliphatic heterocycles. The highest BCUT2D eigenvalue weighted by molar-refractivity contribution is 5.78. The van der Waals surface area contributed by atoms with Gasteiger partial charge in [0, 0.05) is 31.6 Å². The van der Waals surface area contributed by atoms with Crippen molar-refractivity contribution >= 4 is 11.9 Å². The zero-order chi connectivity index (χ0) is 22.9. The van der Waals surface area contributed by atoms with Crippen molar-refractivity contribution in [2.75, 3.05) is 19.7 Å². The lowest BCUT2D eigenvalue weighted by Crippen LogP contribution is -2.52. The number of nitrogens with one attached hydrogen (secondary N) is 2. The number of rotatable bonds is 7. The van der Waals surface area contributed by atoms with Gasteiger partial charge in [-0.1, -0.05) is 67.8 Å². The summed E-state index contributed by atoms with van der Waals surface area (Å²) in [5.74, 6) is 0.625. The average molecular weight is 450 g/mol. The highest BCUT2D eigenvalue weighted by atomic mass is 16.5. The molecule has 2 aromatic rings. The van der Waals surface area contributed by atoms with E-state index in [1.165, 1.54) is 24.8 Å². The number of ether oxygens (including phenoxy) is 1. The van der Waals surface area contributed by atoms with Gasteiger partial charge in [-0.2, -0.15) is 0 Å². The van der Waals surface area contributed by atoms with E-state index in [1.54, 1.807) is 0 Å². The summed E-state index contributed by atoms with van der Waals surface area (Å²) in [7, 11) is 0. The maximum Gasteiger partial charge on any atom is 0.317 e. The maximum atomic E-state index is 12.5. The van der Waals surface area contributed by atoms with Crippen molar-refractivity contribution in [1.29, 1.82) is 0 Å². The van der Waals surface area contributed by atoms with Crippen molar-refractivity contribution in [3.05, 3.63) is 65.7 Å². The van der Waals surface area contributed by atoms with E-state index in [2.05, 4.69) is 22.8 Å². The molecule has 1 heterocycles. The van der Waals surface area contributed by atoms with Crippen molar-refractivity contribution in [3.8, 4) is 5.75 Å². The molecule has 0 radical (unpaired) electrons. The van der Waals surface area contributed by atoms with Gasteiger partial charge in [-0.15, -0.1) is 0 Å². The van der Waals surface area contributed by atoms with Gasteiger partial charge in [-0.05, 0) is 42.9 Å². The van der Waals surface area contributed by atoms with E-state index in [0.29, 0.717) is 19.1 Å². The number of nitrogens with zero attached hydrogens (tertiary/aromatic N) is 1. The van der Waals surface area contributed by atoms with Crippen LogP contribution in [0, 0.1) is 0 Å². The summed E-state index contributed by atoms with van der Waals surface area (Å²) in [6.07, 6.45) is 8.18. The van der Waals surface area contributed by atoms with Crippen LogP contribution in [0.2, 0.25) is 0 Å². The quantitative estimate of drug-likeness (QED) is 0.663. The molecule has 0 unspecified atom stereocenters. The van der Waals surface area contributed by atoms with Crippen LogP contribution >= 0.6 is 0 Å². The fourth-order valence-electron chi connectivity index (χ4n) is 4.76. The van der Waals surface area contributed by atoms with Crippen LogP contribution in [0.1, 0.15) is 56.1 Å². The standard InChI is InChI=1S/C27H35N3O3/c31-26(20-33-25-14-8-7-11-22(25)19-21-9-3-1-4-10-21)28-24-15-17-30(18-16-24)27(32)29-23-12-5-2-6-13-23/h1,3-4,7-11,14,23-24H,2,5-6,12-13,15-20H2,(H,28,31)(H,29,32). The maximum absolute atomic E-state index is 12.5. The number of amides is 3. The van der Waals surface area contributed by atoms with Crippen LogP contribution in [0.3, 0.4) is 0 Å². The summed E-state index contributed by atoms with van der Waals surface area (Å²) in [6, 6.07) is 18.5. The number of para-hydroxylation sites is 1. The van der Waals surface area contributed by atoms with E-state index >= 15 is 0 Å². The number of carbonyl (C=O) groups is 2. The van der Waals surface area contributed by atoms with E-state index in [4.69, 9.17) is 4.74 Å². The van der Waals surface area contributed by atoms with E-state index < -0.39 is 0 Å². The van der Waals surface area contributed by atoms with Gasteiger partial charge < -0.3 is 20.3 Å². The minimum absolute atomic E-state index is 0.00577. The number of hydrogen-bond donors (Lipinski definition) is 2. The Labute approximate surface area is 196 Å². The SMILES string of the molecule is O=C(COc1ccccc1Cc1ccccc1)NC1CCN(C(=O)NC2CCCCC2)CC1. The molecule has 2 aromatic carbocycles. The van der Waals surface area contributed by atoms with Gasteiger partial charge in [0.1, 0.15) is 5.75 Å². The summed E-state index contributed by atoms with van der Waals surface area (Å²) in [5.41, 5.74) is 2.27. The number of hydrogen-bond acceptors (Lipinski definition) is 3. The second kappa shape index (κ2) is 11.7. The van der Waals surface area contributed by atoms with Crippen molar-refractivity contribution in [3.63, 3.8) is 0 Å². The van der Waals surface area contributed by atoms with Crippen molar-refractivity contribution in [2.45, 2.75) is 63.5 Å². The molecule has 0 aromatic heterocycles. The first kappa shape index (κ1) is 23.1. The zero-order valence-corrected chi connectivity index (χ0v) is 19.3. The first-order valence-corrected chi connectivity index (χ1v) is 12.3. The molecule has 4 rings (SSSR count). The van der Waals surface area contributed by atoms with Crippen LogP contribution in [0.4, 0.5) is 4.79 Å². The molecule has 33 heavy (non-hydrogen) atoms. The van der Waals surface area contributed by atoms with E-state index in [-0.39, 0.29) is 24.6 Å². The van der Waals surface area contributed by atoms with Gasteiger partial charge >= 0.3 is 6.03 Å². The minimum atomic E-state index is -0.116. The predicted molar refractivity (Wildman–Crippen MR) is 129 cm³/mol. The van der Waals surface area contributed by atoms with Gasteiger partial charge in [0.25, 0.3) is 5.91 Å². The second-order valence-electron chi connectivity index (χ2n) is 9.17. The Morgan fingerprint density at radius 2 is 1.48 bits per heavy atom. The highest BCUT2D eigenvalue weighted by Crippen LogP contribution is 2.22. The molecule has 0 spiro atoms. The summed E-state index contributed by atoms with van der Waals surface area (Å²) in [4.78, 5) is 26.9. The van der Waals surface area contributed by atoms with Crippen LogP contribution < -0.4 is 15.4 Å². The molecule has 2 N–H and O–H groups in total. The Morgan fingerprint density at radius 1 is 0.818 bits per heavy atom. The fourth-order valence-corrected chi connectivity index (χ4v) is 4.76. The summed E-state index contributed by atoms with van der Waals surface area (Å²) in [6.45, 7) is 1.34. The lowest BCUT2D eigenvalue weighted by atomic mass is 9.95. The van der Waals surface area contributed by atoms with Gasteiger partial charge in [0.05, 0.1) is 0 Å². The van der Waals surface area contributed by atoms with Crippen LogP contribution in [-0.2, 0) is 11.2 Å². The topological polar surface area (TPSA) is 70.7 Å². The molecule has 1 aliphatic carbocycles. The minimum Gasteiger partial charge on any atom is -0.483 e. The van der Waals surface area contributed by atoms with Gasteiger partial charge in [0.2, 0.25) is 0 Å². The first-order chi connectivity index (χ1) is 16.2. The average Bonchev–Trinajstić information content (AvgIpc) is 2.85. The Hall–Kier alpha value is -3.02. The summed E-state index contributed by atoms with van der Waals surface area (Å²) < 4.78 is 5.87. The fraction of sp³-hybridized carbons (Fsp3) is 0.481. The van der Waals surface area contributed by atoms with Crippen LogP contribution in [0.25, 0.3) is 0 Å². The van der Waals surface area contributed by atoms with Crippen molar-refractivity contribution in [1.82, 2.24) is 15.5 Å². The smallest absolute Gasteiger partial charge is 0.317 e. The summed E-state index contributed by atoms with van der Waals surface area (Å²) >= 11 is 0. The molecule has 0 bridgehead atoms. The largest absolute Gasteiger partial charge is 0.483 e. The molecule has 6 heteroatoms. The Morgan fingerprint density at radius 3 is 2.24 bits per heavy atom. The van der Waals surface area contributed by atoms with Crippen LogP contribution in [0.5, 0.6) is 5.75 Å². The molecule has 2 aliphatic rings. The first-order valence-electron chi connectivity index (χ1n) is 12.3. The Balaban J connectivity index is 1.19. The highest BCUT2D eigenvalue weighted by Gasteiger charge is 2.25. The molecule has 0 atom stereocenters. The second-order valence-corrected chi connectivity index (χ2v) is 9.17. The number of piperidine rings is 1. The number of benzene rings is 2. The third-order valence-electron chi connectivity index (χ3n) is 6.65. The van der Waals surface area contributed by atoms with Crippen molar-refractivity contribution in [2.24, 2.45) is 0 Å². The molecular formula is C27H35N3O3. The van der Waals surface area contributed by atoms with E-state index in [0.717, 1.165) is 43.4 Å². The van der Waals surface area contributed by atoms with E-state index in [9.17, 15) is 9.59 Å². The van der Waals surface area contributed by atoms with Gasteiger partial charge in [-0.25, -0.2) is 4.79 Å². The monoisotopic (exact) mass is 449 g/mol. The lowest BCUT2D eigenvalue weighted by molar-refractivity contribution is -0.124.